The zero-order valence-electron chi connectivity index (χ0n) is 16.4. The van der Waals surface area contributed by atoms with E-state index >= 15 is 0 Å². The number of amides is 1. The van der Waals surface area contributed by atoms with E-state index in [0.29, 0.717) is 24.6 Å². The molecule has 28 heavy (non-hydrogen) atoms. The van der Waals surface area contributed by atoms with Crippen LogP contribution >= 0.6 is 0 Å². The van der Waals surface area contributed by atoms with Crippen molar-refractivity contribution in [1.82, 2.24) is 24.5 Å². The van der Waals surface area contributed by atoms with E-state index in [1.165, 1.54) is 0 Å². The van der Waals surface area contributed by atoms with Gasteiger partial charge in [0.15, 0.2) is 6.10 Å². The molecule has 0 aliphatic carbocycles. The highest BCUT2D eigenvalue weighted by molar-refractivity contribution is 5.81. The number of rotatable bonds is 4. The van der Waals surface area contributed by atoms with Crippen molar-refractivity contribution in [2.24, 2.45) is 0 Å². The summed E-state index contributed by atoms with van der Waals surface area (Å²) in [5.74, 6) is 3.03. The molecule has 2 aromatic heterocycles. The maximum absolute atomic E-state index is 12.7. The third-order valence-electron chi connectivity index (χ3n) is 5.03. The summed E-state index contributed by atoms with van der Waals surface area (Å²) in [6, 6.07) is 11.5. The summed E-state index contributed by atoms with van der Waals surface area (Å²) in [6.07, 6.45) is -0.510. The average molecular weight is 380 g/mol. The fourth-order valence-electron chi connectivity index (χ4n) is 3.55. The third kappa shape index (κ3) is 3.49. The third-order valence-corrected chi connectivity index (χ3v) is 5.03. The lowest BCUT2D eigenvalue weighted by Crippen LogP contribution is -2.52. The van der Waals surface area contributed by atoms with E-state index in [0.717, 1.165) is 30.4 Å². The predicted molar refractivity (Wildman–Crippen MR) is 106 cm³/mol. The summed E-state index contributed by atoms with van der Waals surface area (Å²) < 4.78 is 7.71. The van der Waals surface area contributed by atoms with Crippen molar-refractivity contribution in [3.63, 3.8) is 0 Å². The van der Waals surface area contributed by atoms with E-state index in [-0.39, 0.29) is 5.91 Å². The fraction of sp³-hybridized carbons (Fsp3) is 0.400. The van der Waals surface area contributed by atoms with Crippen LogP contribution in [0.2, 0.25) is 0 Å². The minimum Gasteiger partial charge on any atom is -0.481 e. The summed E-state index contributed by atoms with van der Waals surface area (Å²) in [6.45, 7) is 8.46. The molecule has 146 valence electrons. The molecule has 4 rings (SSSR count). The number of para-hydroxylation sites is 1. The largest absolute Gasteiger partial charge is 0.481 e. The minimum absolute atomic E-state index is 0.0103. The molecule has 0 spiro atoms. The zero-order valence-corrected chi connectivity index (χ0v) is 16.4. The maximum Gasteiger partial charge on any atom is 0.263 e. The van der Waals surface area contributed by atoms with Crippen molar-refractivity contribution in [2.75, 3.05) is 31.1 Å². The molecule has 1 atom stereocenters. The number of fused-ring (bicyclic) bond motifs is 1. The molecule has 0 bridgehead atoms. The van der Waals surface area contributed by atoms with Crippen molar-refractivity contribution in [3.8, 4) is 5.75 Å². The number of benzene rings is 1. The van der Waals surface area contributed by atoms with Crippen molar-refractivity contribution in [3.05, 3.63) is 47.9 Å². The van der Waals surface area contributed by atoms with Crippen molar-refractivity contribution in [1.29, 1.82) is 0 Å². The molecular weight excluding hydrogens is 356 g/mol. The van der Waals surface area contributed by atoms with Gasteiger partial charge >= 0.3 is 0 Å². The molecule has 8 heteroatoms. The molecule has 1 aromatic carbocycles. The van der Waals surface area contributed by atoms with Crippen LogP contribution in [0.1, 0.15) is 18.4 Å². The zero-order chi connectivity index (χ0) is 19.7. The second-order valence-electron chi connectivity index (χ2n) is 7.02. The number of ether oxygens (including phenoxy) is 1. The molecule has 8 nitrogen and oxygen atoms in total. The van der Waals surface area contributed by atoms with Gasteiger partial charge in [-0.2, -0.15) is 4.98 Å². The lowest BCUT2D eigenvalue weighted by Gasteiger charge is -2.36. The molecule has 3 aromatic rings. The van der Waals surface area contributed by atoms with Crippen LogP contribution in [0.5, 0.6) is 5.75 Å². The number of aryl methyl sites for hydroxylation is 2. The van der Waals surface area contributed by atoms with Gasteiger partial charge in [-0.15, -0.1) is 10.2 Å². The van der Waals surface area contributed by atoms with Gasteiger partial charge in [-0.1, -0.05) is 18.2 Å². The van der Waals surface area contributed by atoms with E-state index in [1.54, 1.807) is 6.92 Å². The highest BCUT2D eigenvalue weighted by Gasteiger charge is 2.27. The Morgan fingerprint density at radius 2 is 1.79 bits per heavy atom. The van der Waals surface area contributed by atoms with Gasteiger partial charge < -0.3 is 14.5 Å². The predicted octanol–water partition coefficient (Wildman–Crippen LogP) is 1.86. The number of carbonyl (C=O) groups excluding carboxylic acids is 1. The Bertz CT molecular complexity index is 979. The number of nitrogens with zero attached hydrogens (tertiary/aromatic N) is 6. The van der Waals surface area contributed by atoms with Crippen LogP contribution in [0.25, 0.3) is 5.78 Å². The Kier molecular flexibility index (Phi) is 4.85. The van der Waals surface area contributed by atoms with E-state index in [9.17, 15) is 4.79 Å². The topological polar surface area (TPSA) is 75.9 Å². The Morgan fingerprint density at radius 3 is 2.50 bits per heavy atom. The van der Waals surface area contributed by atoms with Crippen LogP contribution in [0.3, 0.4) is 0 Å². The number of carbonyl (C=O) groups is 1. The quantitative estimate of drug-likeness (QED) is 0.688. The van der Waals surface area contributed by atoms with E-state index in [1.807, 2.05) is 59.5 Å². The Balaban J connectivity index is 1.39. The van der Waals surface area contributed by atoms with Crippen molar-refractivity contribution >= 4 is 17.5 Å². The molecule has 1 fully saturated rings. The number of anilines is 1. The molecule has 0 saturated carbocycles. The van der Waals surface area contributed by atoms with Crippen LogP contribution in [0.4, 0.5) is 5.82 Å². The first-order valence-electron chi connectivity index (χ1n) is 9.48. The summed E-state index contributed by atoms with van der Waals surface area (Å²) in [7, 11) is 0. The first-order valence-corrected chi connectivity index (χ1v) is 9.48. The highest BCUT2D eigenvalue weighted by Crippen LogP contribution is 2.19. The fourth-order valence-corrected chi connectivity index (χ4v) is 3.55. The number of aromatic nitrogens is 4. The second kappa shape index (κ2) is 7.46. The van der Waals surface area contributed by atoms with Crippen molar-refractivity contribution in [2.45, 2.75) is 26.9 Å². The summed E-state index contributed by atoms with van der Waals surface area (Å²) in [4.78, 5) is 21.4. The van der Waals surface area contributed by atoms with E-state index in [4.69, 9.17) is 4.74 Å². The van der Waals surface area contributed by atoms with E-state index in [2.05, 4.69) is 20.1 Å². The smallest absolute Gasteiger partial charge is 0.263 e. The average Bonchev–Trinajstić information content (AvgIpc) is 3.09. The summed E-state index contributed by atoms with van der Waals surface area (Å²) in [5, 5.41) is 8.23. The lowest BCUT2D eigenvalue weighted by molar-refractivity contribution is -0.138. The first-order chi connectivity index (χ1) is 13.5. The lowest BCUT2D eigenvalue weighted by atomic mass is 10.2. The molecule has 0 N–H and O–H groups in total. The molecule has 1 aliphatic rings. The SMILES string of the molecule is Cc1cc(N2CCN(C(=O)[C@H](C)Oc3ccccc3)CC2)nc2nnc(C)n12. The van der Waals surface area contributed by atoms with Gasteiger partial charge in [0, 0.05) is 37.9 Å². The minimum atomic E-state index is -0.510. The first kappa shape index (κ1) is 18.2. The van der Waals surface area contributed by atoms with Gasteiger partial charge in [-0.25, -0.2) is 0 Å². The Labute approximate surface area is 163 Å². The molecule has 0 unspecified atom stereocenters. The standard InChI is InChI=1S/C20H24N6O2/c1-14-13-18(21-20-23-22-16(3)26(14)20)24-9-11-25(12-10-24)19(27)15(2)28-17-7-5-4-6-8-17/h4-8,13,15H,9-12H2,1-3H3/t15-/m0/s1. The van der Waals surface area contributed by atoms with Crippen LogP contribution in [0.15, 0.2) is 36.4 Å². The summed E-state index contributed by atoms with van der Waals surface area (Å²) >= 11 is 0. The number of piperazine rings is 1. The van der Waals surface area contributed by atoms with Gasteiger partial charge in [0.2, 0.25) is 0 Å². The second-order valence-corrected chi connectivity index (χ2v) is 7.02. The van der Waals surface area contributed by atoms with Gasteiger partial charge in [0.25, 0.3) is 11.7 Å². The molecule has 1 aliphatic heterocycles. The van der Waals surface area contributed by atoms with Gasteiger partial charge in [-0.3, -0.25) is 9.20 Å². The van der Waals surface area contributed by atoms with Crippen LogP contribution in [-0.2, 0) is 4.79 Å². The number of hydrogen-bond acceptors (Lipinski definition) is 6. The van der Waals surface area contributed by atoms with Crippen LogP contribution in [0, 0.1) is 13.8 Å². The van der Waals surface area contributed by atoms with Crippen LogP contribution in [-0.4, -0.2) is 62.7 Å². The molecule has 3 heterocycles. The molecule has 1 saturated heterocycles. The maximum atomic E-state index is 12.7. The summed E-state index contributed by atoms with van der Waals surface area (Å²) in [5.41, 5.74) is 1.05. The Morgan fingerprint density at radius 1 is 1.07 bits per heavy atom. The van der Waals surface area contributed by atoms with Crippen molar-refractivity contribution < 1.29 is 9.53 Å². The van der Waals surface area contributed by atoms with Gasteiger partial charge in [0.1, 0.15) is 17.4 Å². The molecular formula is C20H24N6O2. The van der Waals surface area contributed by atoms with Crippen LogP contribution < -0.4 is 9.64 Å². The normalized spacial score (nSPS) is 15.7. The van der Waals surface area contributed by atoms with E-state index < -0.39 is 6.10 Å². The molecule has 0 radical (unpaired) electrons. The molecule has 1 amide bonds. The Hall–Kier alpha value is -3.16. The highest BCUT2D eigenvalue weighted by atomic mass is 16.5. The van der Waals surface area contributed by atoms with Gasteiger partial charge in [-0.05, 0) is 32.9 Å². The number of hydrogen-bond donors (Lipinski definition) is 0. The van der Waals surface area contributed by atoms with Gasteiger partial charge in [0.05, 0.1) is 0 Å². The monoisotopic (exact) mass is 380 g/mol.